The summed E-state index contributed by atoms with van der Waals surface area (Å²) in [4.78, 5) is 0. The molecule has 1 N–H and O–H groups in total. The van der Waals surface area contributed by atoms with Crippen molar-refractivity contribution in [2.45, 2.75) is 13.5 Å². The quantitative estimate of drug-likeness (QED) is 0.809. The highest BCUT2D eigenvalue weighted by molar-refractivity contribution is 6.43. The smallest absolute Gasteiger partial charge is 0.161 e. The zero-order valence-corrected chi connectivity index (χ0v) is 13.5. The summed E-state index contributed by atoms with van der Waals surface area (Å²) in [6, 6.07) is 11.3. The summed E-state index contributed by atoms with van der Waals surface area (Å²) in [5, 5.41) is 4.32. The van der Waals surface area contributed by atoms with Crippen molar-refractivity contribution in [3.63, 3.8) is 0 Å². The molecule has 0 heterocycles. The van der Waals surface area contributed by atoms with Gasteiger partial charge in [-0.1, -0.05) is 35.3 Å². The zero-order valence-electron chi connectivity index (χ0n) is 12.0. The summed E-state index contributed by atoms with van der Waals surface area (Å²) < 4.78 is 10.8. The fourth-order valence-corrected chi connectivity index (χ4v) is 2.30. The topological polar surface area (TPSA) is 30.5 Å². The van der Waals surface area contributed by atoms with Gasteiger partial charge in [0.2, 0.25) is 0 Å². The van der Waals surface area contributed by atoms with Crippen molar-refractivity contribution < 1.29 is 9.47 Å². The molecule has 5 heteroatoms. The van der Waals surface area contributed by atoms with E-state index in [0.717, 1.165) is 22.7 Å². The minimum absolute atomic E-state index is 0.526. The number of ether oxygens (including phenoxy) is 2. The Balaban J connectivity index is 2.13. The van der Waals surface area contributed by atoms with Crippen LogP contribution in [0.15, 0.2) is 36.4 Å². The maximum Gasteiger partial charge on any atom is 0.161 e. The molecule has 0 unspecified atom stereocenters. The molecule has 0 bridgehead atoms. The molecule has 0 aliphatic rings. The average molecular weight is 326 g/mol. The average Bonchev–Trinajstić information content (AvgIpc) is 2.49. The van der Waals surface area contributed by atoms with Crippen molar-refractivity contribution >= 4 is 28.9 Å². The van der Waals surface area contributed by atoms with Crippen LogP contribution < -0.4 is 14.8 Å². The molecule has 112 valence electrons. The van der Waals surface area contributed by atoms with Crippen LogP contribution in [0, 0.1) is 0 Å². The standard InChI is InChI=1S/C16H17Cl2NO2/c1-3-21-15-9-11(7-8-14(15)20-2)10-19-13-6-4-5-12(17)16(13)18/h4-9,19H,3,10H2,1-2H3. The molecule has 0 atom stereocenters. The van der Waals surface area contributed by atoms with E-state index < -0.39 is 0 Å². The van der Waals surface area contributed by atoms with Gasteiger partial charge in [-0.05, 0) is 36.8 Å². The Morgan fingerprint density at radius 2 is 1.90 bits per heavy atom. The van der Waals surface area contributed by atoms with Gasteiger partial charge in [0.05, 0.1) is 29.4 Å². The predicted molar refractivity (Wildman–Crippen MR) is 88.0 cm³/mol. The lowest BCUT2D eigenvalue weighted by atomic mass is 10.2. The van der Waals surface area contributed by atoms with Crippen molar-refractivity contribution in [2.24, 2.45) is 0 Å². The van der Waals surface area contributed by atoms with Gasteiger partial charge >= 0.3 is 0 Å². The molecular formula is C16H17Cl2NO2. The molecular weight excluding hydrogens is 309 g/mol. The lowest BCUT2D eigenvalue weighted by Crippen LogP contribution is -2.02. The molecule has 0 aliphatic carbocycles. The van der Waals surface area contributed by atoms with Gasteiger partial charge in [-0.25, -0.2) is 0 Å². The molecule has 0 radical (unpaired) electrons. The molecule has 2 rings (SSSR count). The molecule has 0 saturated carbocycles. The van der Waals surface area contributed by atoms with E-state index in [1.165, 1.54) is 0 Å². The highest BCUT2D eigenvalue weighted by Gasteiger charge is 2.07. The van der Waals surface area contributed by atoms with E-state index in [0.29, 0.717) is 23.2 Å². The second kappa shape index (κ2) is 7.43. The predicted octanol–water partition coefficient (Wildman–Crippen LogP) is 5.01. The first-order valence-electron chi connectivity index (χ1n) is 6.63. The van der Waals surface area contributed by atoms with Gasteiger partial charge in [-0.2, -0.15) is 0 Å². The number of hydrogen-bond donors (Lipinski definition) is 1. The van der Waals surface area contributed by atoms with Crippen LogP contribution in [-0.4, -0.2) is 13.7 Å². The summed E-state index contributed by atoms with van der Waals surface area (Å²) in [7, 11) is 1.63. The number of methoxy groups -OCH3 is 1. The number of rotatable bonds is 6. The van der Waals surface area contributed by atoms with E-state index in [-0.39, 0.29) is 0 Å². The molecule has 2 aromatic rings. The molecule has 21 heavy (non-hydrogen) atoms. The monoisotopic (exact) mass is 325 g/mol. The van der Waals surface area contributed by atoms with Crippen LogP contribution in [0.2, 0.25) is 10.0 Å². The van der Waals surface area contributed by atoms with Crippen molar-refractivity contribution in [2.75, 3.05) is 19.0 Å². The van der Waals surface area contributed by atoms with Crippen LogP contribution in [-0.2, 0) is 6.54 Å². The second-order valence-electron chi connectivity index (χ2n) is 4.37. The number of anilines is 1. The SMILES string of the molecule is CCOc1cc(CNc2cccc(Cl)c2Cl)ccc1OC. The maximum absolute atomic E-state index is 6.15. The van der Waals surface area contributed by atoms with Gasteiger partial charge in [0.15, 0.2) is 11.5 Å². The molecule has 0 aliphatic heterocycles. The summed E-state index contributed by atoms with van der Waals surface area (Å²) in [5.74, 6) is 1.46. The lowest BCUT2D eigenvalue weighted by Gasteiger charge is -2.13. The Labute approximate surface area is 134 Å². The fourth-order valence-electron chi connectivity index (χ4n) is 1.94. The van der Waals surface area contributed by atoms with Crippen molar-refractivity contribution in [3.8, 4) is 11.5 Å². The molecule has 0 aromatic heterocycles. The molecule has 0 saturated heterocycles. The molecule has 0 amide bonds. The maximum atomic E-state index is 6.15. The largest absolute Gasteiger partial charge is 0.493 e. The van der Waals surface area contributed by atoms with Gasteiger partial charge in [0, 0.05) is 6.54 Å². The highest BCUT2D eigenvalue weighted by atomic mass is 35.5. The Hall–Kier alpha value is -1.58. The molecule has 0 fully saturated rings. The van der Waals surface area contributed by atoms with E-state index in [1.807, 2.05) is 37.3 Å². The summed E-state index contributed by atoms with van der Waals surface area (Å²) in [5.41, 5.74) is 1.87. The van der Waals surface area contributed by atoms with Gasteiger partial charge in [0.1, 0.15) is 0 Å². The van der Waals surface area contributed by atoms with E-state index >= 15 is 0 Å². The van der Waals surface area contributed by atoms with Crippen LogP contribution in [0.4, 0.5) is 5.69 Å². The van der Waals surface area contributed by atoms with Crippen molar-refractivity contribution in [3.05, 3.63) is 52.0 Å². The van der Waals surface area contributed by atoms with E-state index in [4.69, 9.17) is 32.7 Å². The van der Waals surface area contributed by atoms with Crippen LogP contribution in [0.5, 0.6) is 11.5 Å². The number of nitrogens with one attached hydrogen (secondary N) is 1. The normalized spacial score (nSPS) is 10.3. The molecule has 3 nitrogen and oxygen atoms in total. The Morgan fingerprint density at radius 1 is 1.10 bits per heavy atom. The van der Waals surface area contributed by atoms with Crippen LogP contribution >= 0.6 is 23.2 Å². The molecule has 0 spiro atoms. The minimum atomic E-state index is 0.526. The summed E-state index contributed by atoms with van der Waals surface area (Å²) in [6.45, 7) is 3.15. The summed E-state index contributed by atoms with van der Waals surface area (Å²) in [6.07, 6.45) is 0. The third-order valence-electron chi connectivity index (χ3n) is 2.96. The number of hydrogen-bond acceptors (Lipinski definition) is 3. The second-order valence-corrected chi connectivity index (χ2v) is 5.16. The lowest BCUT2D eigenvalue weighted by molar-refractivity contribution is 0.310. The van der Waals surface area contributed by atoms with E-state index in [2.05, 4.69) is 5.32 Å². The first-order valence-corrected chi connectivity index (χ1v) is 7.39. The Morgan fingerprint density at radius 3 is 2.62 bits per heavy atom. The van der Waals surface area contributed by atoms with E-state index in [9.17, 15) is 0 Å². The first-order chi connectivity index (χ1) is 10.2. The van der Waals surface area contributed by atoms with Crippen LogP contribution in [0.25, 0.3) is 0 Å². The van der Waals surface area contributed by atoms with E-state index in [1.54, 1.807) is 13.2 Å². The number of halogens is 2. The zero-order chi connectivity index (χ0) is 15.2. The summed E-state index contributed by atoms with van der Waals surface area (Å²) >= 11 is 12.1. The van der Waals surface area contributed by atoms with Crippen LogP contribution in [0.3, 0.4) is 0 Å². The number of benzene rings is 2. The first kappa shape index (κ1) is 15.8. The third kappa shape index (κ3) is 3.96. The van der Waals surface area contributed by atoms with Crippen molar-refractivity contribution in [1.82, 2.24) is 0 Å². The van der Waals surface area contributed by atoms with Crippen LogP contribution in [0.1, 0.15) is 12.5 Å². The highest BCUT2D eigenvalue weighted by Crippen LogP contribution is 2.31. The van der Waals surface area contributed by atoms with Gasteiger partial charge in [-0.15, -0.1) is 0 Å². The Kier molecular flexibility index (Phi) is 5.59. The third-order valence-corrected chi connectivity index (χ3v) is 3.78. The van der Waals surface area contributed by atoms with Gasteiger partial charge < -0.3 is 14.8 Å². The fraction of sp³-hybridized carbons (Fsp3) is 0.250. The molecule has 2 aromatic carbocycles. The Bertz CT molecular complexity index is 617. The van der Waals surface area contributed by atoms with Gasteiger partial charge in [-0.3, -0.25) is 0 Å². The minimum Gasteiger partial charge on any atom is -0.493 e. The van der Waals surface area contributed by atoms with Gasteiger partial charge in [0.25, 0.3) is 0 Å². The van der Waals surface area contributed by atoms with Crippen molar-refractivity contribution in [1.29, 1.82) is 0 Å².